The van der Waals surface area contributed by atoms with Crippen LogP contribution in [0.3, 0.4) is 0 Å². The minimum absolute atomic E-state index is 0.177. The highest BCUT2D eigenvalue weighted by molar-refractivity contribution is 6.11. The molecule has 0 N–H and O–H groups in total. The van der Waals surface area contributed by atoms with Gasteiger partial charge >= 0.3 is 5.97 Å². The van der Waals surface area contributed by atoms with E-state index in [-0.39, 0.29) is 23.6 Å². The maximum absolute atomic E-state index is 13.2. The number of ether oxygens (including phenoxy) is 1. The number of benzene rings is 2. The van der Waals surface area contributed by atoms with Crippen LogP contribution in [-0.4, -0.2) is 24.1 Å². The maximum atomic E-state index is 13.2. The van der Waals surface area contributed by atoms with E-state index in [4.69, 9.17) is 9.73 Å². The standard InChI is InChI=1S/C27H29NO3/c1-3-19-12-14-21(15-13-19)25-24(18(2)28-22-10-7-11-23(29)26(22)25)27(30)31-17-16-20-8-5-4-6-9-20/h4-6,8-9,12-15,25-26H,3,7,10-11,16-17H2,1-2H3/t25-,26?/m0/s1. The maximum Gasteiger partial charge on any atom is 0.336 e. The van der Waals surface area contributed by atoms with Crippen molar-refractivity contribution in [3.63, 3.8) is 0 Å². The zero-order chi connectivity index (χ0) is 21.8. The molecule has 0 radical (unpaired) electrons. The van der Waals surface area contributed by atoms with Crippen molar-refractivity contribution in [1.29, 1.82) is 0 Å². The molecule has 0 amide bonds. The summed E-state index contributed by atoms with van der Waals surface area (Å²) in [5, 5.41) is 0. The third kappa shape index (κ3) is 4.53. The number of carbonyl (C=O) groups excluding carboxylic acids is 2. The van der Waals surface area contributed by atoms with Crippen molar-refractivity contribution < 1.29 is 14.3 Å². The first-order valence-corrected chi connectivity index (χ1v) is 11.2. The van der Waals surface area contributed by atoms with Gasteiger partial charge in [-0.25, -0.2) is 4.79 Å². The van der Waals surface area contributed by atoms with E-state index in [1.165, 1.54) is 5.56 Å². The number of esters is 1. The van der Waals surface area contributed by atoms with Crippen LogP contribution in [0.2, 0.25) is 0 Å². The summed E-state index contributed by atoms with van der Waals surface area (Å²) in [4.78, 5) is 30.9. The Balaban J connectivity index is 1.63. The monoisotopic (exact) mass is 415 g/mol. The van der Waals surface area contributed by atoms with E-state index in [1.807, 2.05) is 37.3 Å². The summed E-state index contributed by atoms with van der Waals surface area (Å²) in [5.74, 6) is -0.868. The highest BCUT2D eigenvalue weighted by Gasteiger charge is 2.43. The molecule has 2 aromatic rings. The first-order valence-electron chi connectivity index (χ1n) is 11.2. The van der Waals surface area contributed by atoms with Crippen LogP contribution in [0.15, 0.2) is 70.9 Å². The molecule has 1 aliphatic carbocycles. The van der Waals surface area contributed by atoms with E-state index < -0.39 is 0 Å². The Labute approximate surface area is 184 Å². The smallest absolute Gasteiger partial charge is 0.336 e. The lowest BCUT2D eigenvalue weighted by atomic mass is 9.69. The van der Waals surface area contributed by atoms with Crippen LogP contribution in [0.5, 0.6) is 0 Å². The quantitative estimate of drug-likeness (QED) is 0.608. The summed E-state index contributed by atoms with van der Waals surface area (Å²) < 4.78 is 5.69. The minimum Gasteiger partial charge on any atom is -0.462 e. The molecule has 0 aromatic heterocycles. The number of nitrogens with zero attached hydrogens (tertiary/aromatic N) is 1. The van der Waals surface area contributed by atoms with Crippen molar-refractivity contribution >= 4 is 17.5 Å². The second-order valence-corrected chi connectivity index (χ2v) is 8.34. The molecule has 1 saturated carbocycles. The molecule has 1 unspecified atom stereocenters. The fourth-order valence-corrected chi connectivity index (χ4v) is 4.69. The number of aryl methyl sites for hydroxylation is 1. The second-order valence-electron chi connectivity index (χ2n) is 8.34. The molecule has 0 saturated heterocycles. The third-order valence-corrected chi connectivity index (χ3v) is 6.34. The lowest BCUT2D eigenvalue weighted by Crippen LogP contribution is -2.39. The fourth-order valence-electron chi connectivity index (χ4n) is 4.69. The molecule has 2 atom stereocenters. The number of carbonyl (C=O) groups is 2. The van der Waals surface area contributed by atoms with E-state index in [0.717, 1.165) is 36.1 Å². The van der Waals surface area contributed by atoms with Crippen molar-refractivity contribution in [1.82, 2.24) is 0 Å². The predicted octanol–water partition coefficient (Wildman–Crippen LogP) is 5.22. The molecule has 160 valence electrons. The number of hydrogen-bond donors (Lipinski definition) is 0. The van der Waals surface area contributed by atoms with Gasteiger partial charge in [0.25, 0.3) is 0 Å². The molecular formula is C27H29NO3. The van der Waals surface area contributed by atoms with E-state index in [9.17, 15) is 9.59 Å². The molecule has 4 nitrogen and oxygen atoms in total. The van der Waals surface area contributed by atoms with Crippen LogP contribution >= 0.6 is 0 Å². The second kappa shape index (κ2) is 9.42. The Kier molecular flexibility index (Phi) is 6.45. The van der Waals surface area contributed by atoms with Gasteiger partial charge in [-0.15, -0.1) is 0 Å². The lowest BCUT2D eigenvalue weighted by Gasteiger charge is -2.35. The van der Waals surface area contributed by atoms with Crippen LogP contribution in [0.4, 0.5) is 0 Å². The van der Waals surface area contributed by atoms with Crippen LogP contribution in [0.25, 0.3) is 0 Å². The highest BCUT2D eigenvalue weighted by Crippen LogP contribution is 2.43. The molecule has 4 heteroatoms. The number of ketones is 1. The van der Waals surface area contributed by atoms with Gasteiger partial charge in [0.1, 0.15) is 5.78 Å². The van der Waals surface area contributed by atoms with Gasteiger partial charge in [-0.05, 0) is 42.9 Å². The molecule has 0 bridgehead atoms. The van der Waals surface area contributed by atoms with Gasteiger partial charge in [0.05, 0.1) is 18.1 Å². The number of fused-ring (bicyclic) bond motifs is 1. The predicted molar refractivity (Wildman–Crippen MR) is 122 cm³/mol. The van der Waals surface area contributed by atoms with Crippen LogP contribution < -0.4 is 0 Å². The number of rotatable bonds is 6. The first kappa shape index (κ1) is 21.2. The van der Waals surface area contributed by atoms with Gasteiger partial charge in [0, 0.05) is 30.2 Å². The number of aliphatic imine (C=N–C) groups is 1. The fraction of sp³-hybridized carbons (Fsp3) is 0.370. The Morgan fingerprint density at radius 3 is 2.45 bits per heavy atom. The topological polar surface area (TPSA) is 55.7 Å². The van der Waals surface area contributed by atoms with Crippen molar-refractivity contribution in [2.24, 2.45) is 10.9 Å². The molecule has 2 aromatic carbocycles. The Morgan fingerprint density at radius 2 is 1.74 bits per heavy atom. The molecule has 2 aliphatic rings. The van der Waals surface area contributed by atoms with Gasteiger partial charge in [-0.1, -0.05) is 61.5 Å². The Bertz CT molecular complexity index is 1020. The number of Topliss-reactive ketones (excluding diaryl/α,β-unsaturated/α-hetero) is 1. The number of hydrogen-bond acceptors (Lipinski definition) is 4. The van der Waals surface area contributed by atoms with Crippen molar-refractivity contribution in [3.8, 4) is 0 Å². The summed E-state index contributed by atoms with van der Waals surface area (Å²) in [7, 11) is 0. The Hall–Kier alpha value is -3.01. The van der Waals surface area contributed by atoms with Gasteiger partial charge in [-0.3, -0.25) is 9.79 Å². The van der Waals surface area contributed by atoms with Crippen LogP contribution in [-0.2, 0) is 27.2 Å². The summed E-state index contributed by atoms with van der Waals surface area (Å²) in [6.45, 7) is 4.28. The van der Waals surface area contributed by atoms with Crippen LogP contribution in [0, 0.1) is 5.92 Å². The highest BCUT2D eigenvalue weighted by atomic mass is 16.5. The summed E-state index contributed by atoms with van der Waals surface area (Å²) in [6, 6.07) is 18.2. The number of allylic oxidation sites excluding steroid dienone is 1. The minimum atomic E-state index is -0.362. The lowest BCUT2D eigenvalue weighted by molar-refractivity contribution is -0.139. The van der Waals surface area contributed by atoms with Crippen molar-refractivity contribution in [2.75, 3.05) is 6.61 Å². The van der Waals surface area contributed by atoms with Crippen molar-refractivity contribution in [3.05, 3.63) is 82.6 Å². The summed E-state index contributed by atoms with van der Waals surface area (Å²) in [6.07, 6.45) is 3.80. The van der Waals surface area contributed by atoms with Gasteiger partial charge < -0.3 is 4.74 Å². The molecule has 1 fully saturated rings. The summed E-state index contributed by atoms with van der Waals surface area (Å²) in [5.41, 5.74) is 5.46. The van der Waals surface area contributed by atoms with Gasteiger partial charge in [-0.2, -0.15) is 0 Å². The Morgan fingerprint density at radius 1 is 1.00 bits per heavy atom. The average Bonchev–Trinajstić information content (AvgIpc) is 2.79. The zero-order valence-electron chi connectivity index (χ0n) is 18.3. The zero-order valence-corrected chi connectivity index (χ0v) is 18.3. The van der Waals surface area contributed by atoms with E-state index in [1.54, 1.807) is 0 Å². The molecule has 31 heavy (non-hydrogen) atoms. The van der Waals surface area contributed by atoms with Crippen LogP contribution in [0.1, 0.15) is 55.7 Å². The van der Waals surface area contributed by atoms with E-state index in [2.05, 4.69) is 31.2 Å². The largest absolute Gasteiger partial charge is 0.462 e. The molecular weight excluding hydrogens is 386 g/mol. The van der Waals surface area contributed by atoms with Gasteiger partial charge in [0.15, 0.2) is 0 Å². The van der Waals surface area contributed by atoms with E-state index in [0.29, 0.717) is 30.7 Å². The normalized spacial score (nSPS) is 20.8. The van der Waals surface area contributed by atoms with Crippen molar-refractivity contribution in [2.45, 2.75) is 51.9 Å². The van der Waals surface area contributed by atoms with E-state index >= 15 is 0 Å². The SMILES string of the molecule is CCc1ccc([C@H]2C(C(=O)OCCc3ccccc3)=C(C)N=C3CCCC(=O)C32)cc1. The molecule has 0 spiro atoms. The third-order valence-electron chi connectivity index (χ3n) is 6.34. The molecule has 4 rings (SSSR count). The average molecular weight is 416 g/mol. The molecule has 1 aliphatic heterocycles. The summed E-state index contributed by atoms with van der Waals surface area (Å²) >= 11 is 0. The first-order chi connectivity index (χ1) is 15.1. The molecule has 1 heterocycles. The van der Waals surface area contributed by atoms with Gasteiger partial charge in [0.2, 0.25) is 0 Å².